The first-order valence-corrected chi connectivity index (χ1v) is 9.10. The van der Waals surface area contributed by atoms with Gasteiger partial charge in [-0.2, -0.15) is 0 Å². The molecule has 0 aromatic heterocycles. The maximum absolute atomic E-state index is 12.5. The molecule has 26 heavy (non-hydrogen) atoms. The Morgan fingerprint density at radius 2 is 1.65 bits per heavy atom. The molecule has 0 saturated carbocycles. The number of ether oxygens (including phenoxy) is 3. The molecule has 0 radical (unpaired) electrons. The monoisotopic (exact) mass is 356 g/mol. The van der Waals surface area contributed by atoms with Gasteiger partial charge in [-0.3, -0.25) is 0 Å². The third-order valence-electron chi connectivity index (χ3n) is 4.17. The second kappa shape index (κ2) is 10.1. The summed E-state index contributed by atoms with van der Waals surface area (Å²) in [6.45, 7) is 7.42. The maximum Gasteiger partial charge on any atom is 0.345 e. The third-order valence-corrected chi connectivity index (χ3v) is 4.17. The van der Waals surface area contributed by atoms with Crippen molar-refractivity contribution < 1.29 is 19.0 Å². The van der Waals surface area contributed by atoms with E-state index in [1.807, 2.05) is 60.7 Å². The number of rotatable bonds is 4. The van der Waals surface area contributed by atoms with Gasteiger partial charge in [-0.15, -0.1) is 0 Å². The average molecular weight is 356 g/mol. The van der Waals surface area contributed by atoms with Gasteiger partial charge in [0.1, 0.15) is 0 Å². The summed E-state index contributed by atoms with van der Waals surface area (Å²) in [4.78, 5) is 12.5. The van der Waals surface area contributed by atoms with Gasteiger partial charge in [0.2, 0.25) is 5.60 Å². The van der Waals surface area contributed by atoms with Crippen molar-refractivity contribution in [1.82, 2.24) is 0 Å². The van der Waals surface area contributed by atoms with Crippen LogP contribution in [0, 0.1) is 0 Å². The molecule has 4 nitrogen and oxygen atoms in total. The second-order valence-corrected chi connectivity index (χ2v) is 6.35. The van der Waals surface area contributed by atoms with Crippen LogP contribution in [0.15, 0.2) is 60.7 Å². The van der Waals surface area contributed by atoms with Crippen molar-refractivity contribution in [2.24, 2.45) is 0 Å². The SMILES string of the molecule is CCOC(=O)C1(c2ccccc2C(C)C)COCCO1.c1ccccc1. The van der Waals surface area contributed by atoms with E-state index >= 15 is 0 Å². The molecule has 0 spiro atoms. The van der Waals surface area contributed by atoms with Gasteiger partial charge in [0, 0.05) is 5.56 Å². The Balaban J connectivity index is 0.000000342. The number of hydrogen-bond donors (Lipinski definition) is 0. The van der Waals surface area contributed by atoms with Crippen molar-refractivity contribution in [2.75, 3.05) is 26.4 Å². The van der Waals surface area contributed by atoms with E-state index in [0.29, 0.717) is 25.7 Å². The standard InChI is InChI=1S/C16H22O4.C6H6/c1-4-19-15(17)16(11-18-9-10-20-16)14-8-6-5-7-13(14)12(2)3;1-2-4-6-5-3-1/h5-8,12H,4,9-11H2,1-3H3;1-6H. The Labute approximate surface area is 156 Å². The zero-order valence-corrected chi connectivity index (χ0v) is 15.8. The molecule has 1 atom stereocenters. The van der Waals surface area contributed by atoms with Crippen molar-refractivity contribution in [3.63, 3.8) is 0 Å². The van der Waals surface area contributed by atoms with Crippen molar-refractivity contribution in [1.29, 1.82) is 0 Å². The van der Waals surface area contributed by atoms with Gasteiger partial charge in [0.15, 0.2) is 0 Å². The third kappa shape index (κ3) is 4.93. The lowest BCUT2D eigenvalue weighted by molar-refractivity contribution is -0.202. The van der Waals surface area contributed by atoms with Crippen LogP contribution in [-0.4, -0.2) is 32.4 Å². The van der Waals surface area contributed by atoms with E-state index in [2.05, 4.69) is 13.8 Å². The lowest BCUT2D eigenvalue weighted by atomic mass is 9.85. The fourth-order valence-electron chi connectivity index (χ4n) is 2.92. The minimum absolute atomic E-state index is 0.204. The van der Waals surface area contributed by atoms with E-state index in [4.69, 9.17) is 14.2 Å². The maximum atomic E-state index is 12.5. The molecular formula is C22H28O4. The molecule has 0 amide bonds. The largest absolute Gasteiger partial charge is 0.464 e. The summed E-state index contributed by atoms with van der Waals surface area (Å²) in [5.41, 5.74) is 0.814. The molecule has 0 N–H and O–H groups in total. The molecule has 2 aromatic carbocycles. The Kier molecular flexibility index (Phi) is 7.82. The van der Waals surface area contributed by atoms with E-state index in [9.17, 15) is 4.79 Å². The van der Waals surface area contributed by atoms with Crippen LogP contribution < -0.4 is 0 Å². The number of carbonyl (C=O) groups excluding carboxylic acids is 1. The fraction of sp³-hybridized carbons (Fsp3) is 0.409. The van der Waals surface area contributed by atoms with Gasteiger partial charge in [0.25, 0.3) is 0 Å². The summed E-state index contributed by atoms with van der Waals surface area (Å²) < 4.78 is 16.6. The quantitative estimate of drug-likeness (QED) is 0.766. The summed E-state index contributed by atoms with van der Waals surface area (Å²) in [6, 6.07) is 19.8. The van der Waals surface area contributed by atoms with Gasteiger partial charge in [-0.05, 0) is 18.4 Å². The van der Waals surface area contributed by atoms with Crippen LogP contribution in [0.3, 0.4) is 0 Å². The van der Waals surface area contributed by atoms with Crippen LogP contribution in [0.5, 0.6) is 0 Å². The lowest BCUT2D eigenvalue weighted by Crippen LogP contribution is -2.49. The van der Waals surface area contributed by atoms with Gasteiger partial charge in [0.05, 0.1) is 26.4 Å². The predicted octanol–water partition coefficient (Wildman–Crippen LogP) is 4.30. The van der Waals surface area contributed by atoms with E-state index in [1.165, 1.54) is 0 Å². The minimum atomic E-state index is -1.13. The first-order valence-electron chi connectivity index (χ1n) is 9.10. The lowest BCUT2D eigenvalue weighted by Gasteiger charge is -2.36. The molecule has 1 fully saturated rings. The van der Waals surface area contributed by atoms with Crippen LogP contribution in [-0.2, 0) is 24.6 Å². The van der Waals surface area contributed by atoms with Crippen LogP contribution in [0.25, 0.3) is 0 Å². The highest BCUT2D eigenvalue weighted by molar-refractivity contribution is 5.82. The van der Waals surface area contributed by atoms with Crippen molar-refractivity contribution in [3.05, 3.63) is 71.8 Å². The second-order valence-electron chi connectivity index (χ2n) is 6.35. The van der Waals surface area contributed by atoms with Crippen LogP contribution in [0.4, 0.5) is 0 Å². The zero-order valence-electron chi connectivity index (χ0n) is 15.8. The highest BCUT2D eigenvalue weighted by Gasteiger charge is 2.46. The van der Waals surface area contributed by atoms with Crippen LogP contribution in [0.1, 0.15) is 37.8 Å². The summed E-state index contributed by atoms with van der Waals surface area (Å²) in [6.07, 6.45) is 0. The minimum Gasteiger partial charge on any atom is -0.464 e. The zero-order chi connectivity index (χ0) is 18.8. The van der Waals surface area contributed by atoms with Gasteiger partial charge in [-0.1, -0.05) is 74.5 Å². The van der Waals surface area contributed by atoms with Crippen molar-refractivity contribution in [3.8, 4) is 0 Å². The summed E-state index contributed by atoms with van der Waals surface area (Å²) in [5.74, 6) is -0.0733. The van der Waals surface area contributed by atoms with Crippen LogP contribution >= 0.6 is 0 Å². The molecule has 1 saturated heterocycles. The van der Waals surface area contributed by atoms with Crippen LogP contribution in [0.2, 0.25) is 0 Å². The molecule has 2 aromatic rings. The Bertz CT molecular complexity index is 634. The van der Waals surface area contributed by atoms with E-state index < -0.39 is 5.60 Å². The predicted molar refractivity (Wildman–Crippen MR) is 102 cm³/mol. The molecule has 1 aliphatic heterocycles. The molecule has 1 unspecified atom stereocenters. The highest BCUT2D eigenvalue weighted by Crippen LogP contribution is 2.35. The van der Waals surface area contributed by atoms with E-state index in [0.717, 1.165) is 11.1 Å². The fourth-order valence-corrected chi connectivity index (χ4v) is 2.92. The topological polar surface area (TPSA) is 44.8 Å². The van der Waals surface area contributed by atoms with E-state index in [1.54, 1.807) is 6.92 Å². The first-order chi connectivity index (χ1) is 12.6. The van der Waals surface area contributed by atoms with Gasteiger partial charge >= 0.3 is 5.97 Å². The molecule has 3 rings (SSSR count). The number of benzene rings is 2. The van der Waals surface area contributed by atoms with Gasteiger partial charge < -0.3 is 14.2 Å². The Hall–Kier alpha value is -2.17. The van der Waals surface area contributed by atoms with E-state index in [-0.39, 0.29) is 12.6 Å². The van der Waals surface area contributed by atoms with Crippen molar-refractivity contribution in [2.45, 2.75) is 32.3 Å². The molecule has 4 heteroatoms. The normalized spacial score (nSPS) is 19.4. The number of hydrogen-bond acceptors (Lipinski definition) is 4. The number of esters is 1. The number of carbonyl (C=O) groups is 1. The summed E-state index contributed by atoms with van der Waals surface area (Å²) >= 11 is 0. The van der Waals surface area contributed by atoms with Crippen molar-refractivity contribution >= 4 is 5.97 Å². The highest BCUT2D eigenvalue weighted by atomic mass is 16.6. The molecular weight excluding hydrogens is 328 g/mol. The van der Waals surface area contributed by atoms with Gasteiger partial charge in [-0.25, -0.2) is 4.79 Å². The molecule has 140 valence electrons. The Morgan fingerprint density at radius 3 is 2.15 bits per heavy atom. The smallest absolute Gasteiger partial charge is 0.345 e. The molecule has 1 heterocycles. The molecule has 0 aliphatic carbocycles. The first kappa shape index (κ1) is 20.1. The summed E-state index contributed by atoms with van der Waals surface area (Å²) in [7, 11) is 0. The average Bonchev–Trinajstić information content (AvgIpc) is 2.70. The molecule has 1 aliphatic rings. The molecule has 0 bridgehead atoms. The Morgan fingerprint density at radius 1 is 1.04 bits per heavy atom. The summed E-state index contributed by atoms with van der Waals surface area (Å²) in [5, 5.41) is 0.